The van der Waals surface area contributed by atoms with Gasteiger partial charge in [-0.2, -0.15) is 18.4 Å². The first-order chi connectivity index (χ1) is 14.5. The van der Waals surface area contributed by atoms with Gasteiger partial charge in [-0.1, -0.05) is 13.8 Å². The number of rotatable bonds is 1. The Hall–Kier alpha value is -2.74. The Morgan fingerprint density at radius 2 is 2.06 bits per heavy atom. The zero-order chi connectivity index (χ0) is 22.6. The number of hydrogen-bond donors (Lipinski definition) is 0. The average Bonchev–Trinajstić information content (AvgIpc) is 3.15. The molecule has 2 aliphatic heterocycles. The molecule has 1 amide bonds. The fourth-order valence-electron chi connectivity index (χ4n) is 4.88. The second-order valence-electron chi connectivity index (χ2n) is 8.96. The van der Waals surface area contributed by atoms with Gasteiger partial charge in [0.1, 0.15) is 17.5 Å². The van der Waals surface area contributed by atoms with E-state index in [0.717, 1.165) is 4.57 Å². The number of morpholine rings is 1. The first kappa shape index (κ1) is 21.5. The molecule has 0 aromatic carbocycles. The van der Waals surface area contributed by atoms with Gasteiger partial charge in [-0.25, -0.2) is 0 Å². The smallest absolute Gasteiger partial charge is 0.367 e. The number of carbonyl (C=O) groups is 2. The summed E-state index contributed by atoms with van der Waals surface area (Å²) in [5.41, 5.74) is -1.83. The van der Waals surface area contributed by atoms with Crippen LogP contribution in [0.25, 0.3) is 0 Å². The molecular weight excluding hydrogens is 415 g/mol. The first-order valence-electron chi connectivity index (χ1n) is 10.1. The highest BCUT2D eigenvalue weighted by atomic mass is 19.4. The van der Waals surface area contributed by atoms with Gasteiger partial charge in [0.2, 0.25) is 11.7 Å². The Bertz CT molecular complexity index is 1010. The molecule has 1 aromatic heterocycles. The van der Waals surface area contributed by atoms with Crippen LogP contribution >= 0.6 is 0 Å². The van der Waals surface area contributed by atoms with Gasteiger partial charge in [-0.3, -0.25) is 9.59 Å². The van der Waals surface area contributed by atoms with E-state index in [1.54, 1.807) is 18.7 Å². The molecule has 0 saturated carbocycles. The van der Waals surface area contributed by atoms with Crippen LogP contribution < -0.4 is 0 Å². The van der Waals surface area contributed by atoms with Gasteiger partial charge in [0, 0.05) is 18.5 Å². The van der Waals surface area contributed by atoms with Gasteiger partial charge in [-0.15, -0.1) is 10.2 Å². The van der Waals surface area contributed by atoms with Gasteiger partial charge in [-0.05, 0) is 25.3 Å². The Morgan fingerprint density at radius 1 is 1.32 bits per heavy atom. The molecule has 1 aromatic rings. The summed E-state index contributed by atoms with van der Waals surface area (Å²) >= 11 is 0. The van der Waals surface area contributed by atoms with E-state index in [1.165, 1.54) is 6.08 Å². The predicted octanol–water partition coefficient (Wildman–Crippen LogP) is 2.22. The minimum Gasteiger partial charge on any atom is -0.367 e. The summed E-state index contributed by atoms with van der Waals surface area (Å²) in [6, 6.07) is 1.92. The lowest BCUT2D eigenvalue weighted by atomic mass is 9.69. The maximum Gasteiger partial charge on any atom is 0.451 e. The molecule has 3 aliphatic rings. The number of aromatic nitrogens is 3. The zero-order valence-corrected chi connectivity index (χ0v) is 17.2. The van der Waals surface area contributed by atoms with Crippen molar-refractivity contribution in [2.45, 2.75) is 57.3 Å². The van der Waals surface area contributed by atoms with E-state index in [-0.39, 0.29) is 49.3 Å². The van der Waals surface area contributed by atoms with Crippen LogP contribution in [0, 0.1) is 16.7 Å². The Kier molecular flexibility index (Phi) is 4.96. The highest BCUT2D eigenvalue weighted by Crippen LogP contribution is 2.42. The second kappa shape index (κ2) is 7.15. The van der Waals surface area contributed by atoms with E-state index < -0.39 is 28.9 Å². The lowest BCUT2D eigenvalue weighted by Crippen LogP contribution is -2.57. The van der Waals surface area contributed by atoms with Gasteiger partial charge in [0.05, 0.1) is 24.6 Å². The van der Waals surface area contributed by atoms with Gasteiger partial charge in [0.25, 0.3) is 0 Å². The molecule has 31 heavy (non-hydrogen) atoms. The van der Waals surface area contributed by atoms with Crippen LogP contribution in [-0.4, -0.2) is 56.7 Å². The molecule has 11 heteroatoms. The van der Waals surface area contributed by atoms with Crippen molar-refractivity contribution in [2.24, 2.45) is 5.41 Å². The summed E-state index contributed by atoms with van der Waals surface area (Å²) in [5, 5.41) is 16.4. The fourth-order valence-corrected chi connectivity index (χ4v) is 4.88. The third-order valence-corrected chi connectivity index (χ3v) is 6.17. The zero-order valence-electron chi connectivity index (χ0n) is 17.2. The molecule has 2 unspecified atom stereocenters. The van der Waals surface area contributed by atoms with E-state index >= 15 is 0 Å². The molecule has 166 valence electrons. The summed E-state index contributed by atoms with van der Waals surface area (Å²) in [6.07, 6.45) is -2.07. The fraction of sp³-hybridized carbons (Fsp3) is 0.650. The molecule has 1 saturated heterocycles. The minimum atomic E-state index is -4.64. The van der Waals surface area contributed by atoms with Crippen LogP contribution in [0.15, 0.2) is 11.6 Å². The van der Waals surface area contributed by atoms with Crippen LogP contribution in [-0.2, 0) is 27.0 Å². The Morgan fingerprint density at radius 3 is 2.74 bits per heavy atom. The Balaban J connectivity index is 1.62. The van der Waals surface area contributed by atoms with Crippen molar-refractivity contribution in [2.75, 3.05) is 19.7 Å². The normalized spacial score (nSPS) is 28.1. The minimum absolute atomic E-state index is 0.00206. The first-order valence-corrected chi connectivity index (χ1v) is 10.1. The SMILES string of the molecule is CC1(C)CC2(C=C(C#N)C1=O)CN(C(=O)C1CCCn3c1nnc3C(F)(F)F)CCO2. The summed E-state index contributed by atoms with van der Waals surface area (Å²) in [6.45, 7) is 4.14. The van der Waals surface area contributed by atoms with Crippen LogP contribution in [0.2, 0.25) is 0 Å². The highest BCUT2D eigenvalue weighted by Gasteiger charge is 2.50. The van der Waals surface area contributed by atoms with Crippen LogP contribution in [0.5, 0.6) is 0 Å². The second-order valence-corrected chi connectivity index (χ2v) is 8.96. The van der Waals surface area contributed by atoms with Crippen molar-refractivity contribution >= 4 is 11.7 Å². The monoisotopic (exact) mass is 437 g/mol. The number of halogens is 3. The maximum absolute atomic E-state index is 13.3. The third kappa shape index (κ3) is 3.63. The van der Waals surface area contributed by atoms with Crippen LogP contribution in [0.4, 0.5) is 13.2 Å². The van der Waals surface area contributed by atoms with Gasteiger partial charge < -0.3 is 14.2 Å². The van der Waals surface area contributed by atoms with Crippen molar-refractivity contribution in [1.29, 1.82) is 5.26 Å². The molecular formula is C20H22F3N5O3. The summed E-state index contributed by atoms with van der Waals surface area (Å²) < 4.78 is 46.6. The molecule has 3 heterocycles. The quantitative estimate of drug-likeness (QED) is 0.668. The van der Waals surface area contributed by atoms with E-state index in [2.05, 4.69) is 10.2 Å². The number of nitrogens with zero attached hydrogens (tertiary/aromatic N) is 5. The van der Waals surface area contributed by atoms with E-state index in [0.29, 0.717) is 19.3 Å². The van der Waals surface area contributed by atoms with Crippen LogP contribution in [0.1, 0.15) is 50.7 Å². The summed E-state index contributed by atoms with van der Waals surface area (Å²) in [5.74, 6) is -2.51. The van der Waals surface area contributed by atoms with Crippen molar-refractivity contribution in [3.05, 3.63) is 23.3 Å². The van der Waals surface area contributed by atoms with E-state index in [9.17, 15) is 28.0 Å². The predicted molar refractivity (Wildman–Crippen MR) is 99.4 cm³/mol. The number of ether oxygens (including phenoxy) is 1. The largest absolute Gasteiger partial charge is 0.451 e. The molecule has 1 fully saturated rings. The number of amides is 1. The topological polar surface area (TPSA) is 101 Å². The standard InChI is InChI=1S/C20H22F3N5O3/c1-18(2)10-19(8-12(9-24)14(18)29)11-27(6-7-31-19)16(30)13-4-3-5-28-15(13)25-26-17(28)20(21,22)23/h8,13H,3-7,10-11H2,1-2H3. The third-order valence-electron chi connectivity index (χ3n) is 6.17. The van der Waals surface area contributed by atoms with E-state index in [4.69, 9.17) is 4.74 Å². The molecule has 1 spiro atoms. The molecule has 0 radical (unpaired) electrons. The number of allylic oxidation sites excluding steroid dienone is 1. The van der Waals surface area contributed by atoms with Gasteiger partial charge in [0.15, 0.2) is 5.78 Å². The summed E-state index contributed by atoms with van der Waals surface area (Å²) in [7, 11) is 0. The maximum atomic E-state index is 13.3. The number of carbonyl (C=O) groups excluding carboxylic acids is 2. The highest BCUT2D eigenvalue weighted by molar-refractivity contribution is 6.04. The summed E-state index contributed by atoms with van der Waals surface area (Å²) in [4.78, 5) is 27.3. The van der Waals surface area contributed by atoms with Crippen molar-refractivity contribution < 1.29 is 27.5 Å². The molecule has 2 atom stereocenters. The number of ketones is 1. The number of fused-ring (bicyclic) bond motifs is 1. The average molecular weight is 437 g/mol. The van der Waals surface area contributed by atoms with Crippen molar-refractivity contribution in [1.82, 2.24) is 19.7 Å². The molecule has 8 nitrogen and oxygen atoms in total. The molecule has 4 rings (SSSR count). The number of alkyl halides is 3. The number of hydrogen-bond acceptors (Lipinski definition) is 6. The lowest BCUT2D eigenvalue weighted by molar-refractivity contribution is -0.154. The lowest BCUT2D eigenvalue weighted by Gasteiger charge is -2.47. The van der Waals surface area contributed by atoms with E-state index in [1.807, 2.05) is 6.07 Å². The molecule has 1 aliphatic carbocycles. The Labute approximate surface area is 176 Å². The van der Waals surface area contributed by atoms with Gasteiger partial charge >= 0.3 is 6.18 Å². The molecule has 0 N–H and O–H groups in total. The molecule has 0 bridgehead atoms. The van der Waals surface area contributed by atoms with Crippen molar-refractivity contribution in [3.8, 4) is 6.07 Å². The van der Waals surface area contributed by atoms with Crippen LogP contribution in [0.3, 0.4) is 0 Å². The number of nitriles is 1. The van der Waals surface area contributed by atoms with Crippen molar-refractivity contribution in [3.63, 3.8) is 0 Å². The number of Topliss-reactive ketones (excluding diaryl/α,β-unsaturated/α-hetero) is 1.